The van der Waals surface area contributed by atoms with Crippen LogP contribution in [0.15, 0.2) is 12.1 Å². The van der Waals surface area contributed by atoms with Crippen molar-refractivity contribution in [3.8, 4) is 0 Å². The molecule has 0 bridgehead atoms. The van der Waals surface area contributed by atoms with Crippen molar-refractivity contribution in [1.82, 2.24) is 5.32 Å². The minimum atomic E-state index is 0.0492. The van der Waals surface area contributed by atoms with E-state index in [4.69, 9.17) is 0 Å². The maximum Gasteiger partial charge on any atom is 0.261 e. The van der Waals surface area contributed by atoms with E-state index in [1.807, 2.05) is 19.1 Å². The maximum atomic E-state index is 11.7. The number of hydrogen-bond acceptors (Lipinski definition) is 2. The molecule has 0 spiro atoms. The van der Waals surface area contributed by atoms with Crippen LogP contribution in [0.3, 0.4) is 0 Å². The molecule has 84 valence electrons. The van der Waals surface area contributed by atoms with Crippen molar-refractivity contribution >= 4 is 33.2 Å². The first kappa shape index (κ1) is 12.7. The van der Waals surface area contributed by atoms with Gasteiger partial charge in [-0.3, -0.25) is 4.79 Å². The standard InChI is InChI=1S/C11H16BrNOS/c1-3-9-4-5-10(15-9)11(14)13-8(2)6-7-12/h4-5,8H,3,6-7H2,1-2H3,(H,13,14). The summed E-state index contributed by atoms with van der Waals surface area (Å²) in [6, 6.07) is 4.15. The molecule has 0 aliphatic rings. The molecule has 0 fully saturated rings. The van der Waals surface area contributed by atoms with Crippen molar-refractivity contribution in [3.63, 3.8) is 0 Å². The van der Waals surface area contributed by atoms with E-state index >= 15 is 0 Å². The highest BCUT2D eigenvalue weighted by Gasteiger charge is 2.11. The lowest BCUT2D eigenvalue weighted by Gasteiger charge is -2.10. The van der Waals surface area contributed by atoms with Gasteiger partial charge in [-0.05, 0) is 31.9 Å². The van der Waals surface area contributed by atoms with Crippen molar-refractivity contribution in [1.29, 1.82) is 0 Å². The van der Waals surface area contributed by atoms with Gasteiger partial charge in [0, 0.05) is 16.2 Å². The lowest BCUT2D eigenvalue weighted by Crippen LogP contribution is -2.32. The van der Waals surface area contributed by atoms with Gasteiger partial charge >= 0.3 is 0 Å². The summed E-state index contributed by atoms with van der Waals surface area (Å²) in [5, 5.41) is 3.89. The molecule has 1 N–H and O–H groups in total. The van der Waals surface area contributed by atoms with Gasteiger partial charge in [-0.2, -0.15) is 0 Å². The Labute approximate surface area is 103 Å². The third-order valence-corrected chi connectivity index (χ3v) is 3.84. The number of halogens is 1. The van der Waals surface area contributed by atoms with Crippen LogP contribution >= 0.6 is 27.3 Å². The number of carbonyl (C=O) groups excluding carboxylic acids is 1. The Morgan fingerprint density at radius 3 is 2.87 bits per heavy atom. The van der Waals surface area contributed by atoms with Gasteiger partial charge in [0.15, 0.2) is 0 Å². The molecule has 15 heavy (non-hydrogen) atoms. The second kappa shape index (κ2) is 6.28. The van der Waals surface area contributed by atoms with Crippen LogP contribution in [0, 0.1) is 0 Å². The van der Waals surface area contributed by atoms with Crippen LogP contribution < -0.4 is 5.32 Å². The van der Waals surface area contributed by atoms with Crippen molar-refractivity contribution in [3.05, 3.63) is 21.9 Å². The average Bonchev–Trinajstić information content (AvgIpc) is 2.66. The van der Waals surface area contributed by atoms with E-state index in [0.29, 0.717) is 0 Å². The number of thiophene rings is 1. The Morgan fingerprint density at radius 1 is 1.60 bits per heavy atom. The molecule has 0 saturated carbocycles. The molecule has 1 rings (SSSR count). The topological polar surface area (TPSA) is 29.1 Å². The highest BCUT2D eigenvalue weighted by atomic mass is 79.9. The number of carbonyl (C=O) groups is 1. The van der Waals surface area contributed by atoms with Gasteiger partial charge in [0.2, 0.25) is 0 Å². The third-order valence-electron chi connectivity index (χ3n) is 2.15. The zero-order chi connectivity index (χ0) is 11.3. The second-order valence-electron chi connectivity index (χ2n) is 3.47. The van der Waals surface area contributed by atoms with Crippen molar-refractivity contribution in [2.45, 2.75) is 32.7 Å². The van der Waals surface area contributed by atoms with Crippen LogP contribution in [-0.2, 0) is 6.42 Å². The Balaban J connectivity index is 2.53. The second-order valence-corrected chi connectivity index (χ2v) is 5.43. The first-order valence-corrected chi connectivity index (χ1v) is 7.06. The highest BCUT2D eigenvalue weighted by Crippen LogP contribution is 2.16. The van der Waals surface area contributed by atoms with Crippen LogP contribution in [0.25, 0.3) is 0 Å². The number of nitrogens with one attached hydrogen (secondary N) is 1. The third kappa shape index (κ3) is 3.95. The molecule has 0 aliphatic carbocycles. The van der Waals surface area contributed by atoms with Crippen LogP contribution in [0.2, 0.25) is 0 Å². The zero-order valence-corrected chi connectivity index (χ0v) is 11.5. The molecule has 1 aromatic rings. The molecule has 1 aromatic heterocycles. The van der Waals surface area contributed by atoms with Crippen molar-refractivity contribution < 1.29 is 4.79 Å². The molecule has 1 atom stereocenters. The number of alkyl halides is 1. The molecule has 4 heteroatoms. The fraction of sp³-hybridized carbons (Fsp3) is 0.545. The fourth-order valence-electron chi connectivity index (χ4n) is 1.22. The molecular formula is C11H16BrNOS. The van der Waals surface area contributed by atoms with Crippen LogP contribution in [-0.4, -0.2) is 17.3 Å². The Kier molecular flexibility index (Phi) is 5.32. The summed E-state index contributed by atoms with van der Waals surface area (Å²) < 4.78 is 0. The summed E-state index contributed by atoms with van der Waals surface area (Å²) in [5.74, 6) is 0.0492. The van der Waals surface area contributed by atoms with Crippen LogP contribution in [0.4, 0.5) is 0 Å². The Morgan fingerprint density at radius 2 is 2.33 bits per heavy atom. The fourth-order valence-corrected chi connectivity index (χ4v) is 2.76. The zero-order valence-electron chi connectivity index (χ0n) is 9.05. The molecule has 0 aromatic carbocycles. The summed E-state index contributed by atoms with van der Waals surface area (Å²) >= 11 is 4.94. The molecule has 0 radical (unpaired) electrons. The number of hydrogen-bond donors (Lipinski definition) is 1. The molecule has 2 nitrogen and oxygen atoms in total. The van der Waals surface area contributed by atoms with E-state index in [0.717, 1.165) is 23.0 Å². The maximum absolute atomic E-state index is 11.7. The van der Waals surface area contributed by atoms with Gasteiger partial charge in [-0.15, -0.1) is 11.3 Å². The minimum absolute atomic E-state index is 0.0492. The van der Waals surface area contributed by atoms with Gasteiger partial charge in [-0.25, -0.2) is 0 Å². The predicted octanol–water partition coefficient (Wildman–Crippen LogP) is 3.21. The van der Waals surface area contributed by atoms with E-state index in [2.05, 4.69) is 28.2 Å². The SMILES string of the molecule is CCc1ccc(C(=O)NC(C)CCBr)s1. The van der Waals surface area contributed by atoms with Crippen molar-refractivity contribution in [2.24, 2.45) is 0 Å². The van der Waals surface area contributed by atoms with Crippen LogP contribution in [0.5, 0.6) is 0 Å². The van der Waals surface area contributed by atoms with E-state index in [-0.39, 0.29) is 11.9 Å². The smallest absolute Gasteiger partial charge is 0.261 e. The van der Waals surface area contributed by atoms with E-state index < -0.39 is 0 Å². The van der Waals surface area contributed by atoms with Gasteiger partial charge in [0.25, 0.3) is 5.91 Å². The number of aryl methyl sites for hydroxylation is 1. The van der Waals surface area contributed by atoms with E-state index in [1.165, 1.54) is 4.88 Å². The molecule has 1 amide bonds. The quantitative estimate of drug-likeness (QED) is 0.829. The van der Waals surface area contributed by atoms with E-state index in [1.54, 1.807) is 11.3 Å². The number of rotatable bonds is 5. The predicted molar refractivity (Wildman–Crippen MR) is 69.0 cm³/mol. The summed E-state index contributed by atoms with van der Waals surface area (Å²) in [4.78, 5) is 13.8. The molecule has 1 heterocycles. The Bertz CT molecular complexity index is 324. The lowest BCUT2D eigenvalue weighted by atomic mass is 10.2. The molecule has 0 aliphatic heterocycles. The van der Waals surface area contributed by atoms with Gasteiger partial charge in [0.05, 0.1) is 4.88 Å². The first-order valence-electron chi connectivity index (χ1n) is 5.13. The normalized spacial score (nSPS) is 12.5. The summed E-state index contributed by atoms with van der Waals surface area (Å²) in [7, 11) is 0. The Hall–Kier alpha value is -0.350. The summed E-state index contributed by atoms with van der Waals surface area (Å²) in [6.07, 6.45) is 1.95. The van der Waals surface area contributed by atoms with Crippen molar-refractivity contribution in [2.75, 3.05) is 5.33 Å². The molecule has 0 saturated heterocycles. The minimum Gasteiger partial charge on any atom is -0.349 e. The van der Waals surface area contributed by atoms with Gasteiger partial charge in [0.1, 0.15) is 0 Å². The lowest BCUT2D eigenvalue weighted by molar-refractivity contribution is 0.0943. The number of amides is 1. The van der Waals surface area contributed by atoms with Gasteiger partial charge in [-0.1, -0.05) is 22.9 Å². The molecular weight excluding hydrogens is 274 g/mol. The van der Waals surface area contributed by atoms with E-state index in [9.17, 15) is 4.79 Å². The highest BCUT2D eigenvalue weighted by molar-refractivity contribution is 9.09. The first-order chi connectivity index (χ1) is 7.17. The summed E-state index contributed by atoms with van der Waals surface area (Å²) in [5.41, 5.74) is 0. The van der Waals surface area contributed by atoms with Crippen LogP contribution in [0.1, 0.15) is 34.8 Å². The summed E-state index contributed by atoms with van der Waals surface area (Å²) in [6.45, 7) is 4.12. The monoisotopic (exact) mass is 289 g/mol. The van der Waals surface area contributed by atoms with Gasteiger partial charge < -0.3 is 5.32 Å². The molecule has 1 unspecified atom stereocenters. The largest absolute Gasteiger partial charge is 0.349 e. The average molecular weight is 290 g/mol.